The third-order valence-electron chi connectivity index (χ3n) is 9.61. The van der Waals surface area contributed by atoms with E-state index in [0.29, 0.717) is 5.56 Å². The Morgan fingerprint density at radius 1 is 0.607 bits per heavy atom. The van der Waals surface area contributed by atoms with Crippen LogP contribution in [0.4, 0.5) is 48.3 Å². The van der Waals surface area contributed by atoms with Crippen LogP contribution in [0.15, 0.2) is 36.4 Å². The van der Waals surface area contributed by atoms with Crippen LogP contribution in [-0.2, 0) is 12.8 Å². The molecule has 5 nitrogen and oxygen atoms in total. The second-order valence-corrected chi connectivity index (χ2v) is 12.5. The first-order chi connectivity index (χ1) is 26.5. The Hall–Kier alpha value is -7.17. The number of halogens is 11. The summed E-state index contributed by atoms with van der Waals surface area (Å²) in [6, 6.07) is 10.4. The molecule has 0 N–H and O–H groups in total. The van der Waals surface area contributed by atoms with Crippen molar-refractivity contribution < 1.29 is 53.0 Å². The lowest BCUT2D eigenvalue weighted by Crippen LogP contribution is -2.25. The van der Waals surface area contributed by atoms with Gasteiger partial charge in [-0.1, -0.05) is 24.3 Å². The summed E-state index contributed by atoms with van der Waals surface area (Å²) in [5.41, 5.74) is -4.68. The van der Waals surface area contributed by atoms with Crippen molar-refractivity contribution in [1.29, 1.82) is 10.5 Å². The van der Waals surface area contributed by atoms with Gasteiger partial charge in [0.15, 0.2) is 34.9 Å². The van der Waals surface area contributed by atoms with Crippen molar-refractivity contribution in [2.24, 2.45) is 0 Å². The van der Waals surface area contributed by atoms with Crippen molar-refractivity contribution in [3.8, 4) is 62.4 Å². The zero-order valence-electron chi connectivity index (χ0n) is 27.7. The molecule has 5 aromatic rings. The van der Waals surface area contributed by atoms with Gasteiger partial charge < -0.3 is 4.74 Å². The molecule has 5 aromatic carbocycles. The fourth-order valence-electron chi connectivity index (χ4n) is 7.29. The van der Waals surface area contributed by atoms with E-state index in [-0.39, 0.29) is 67.8 Å². The fraction of sp³-hybridized carbons (Fsp3) is 0.100. The maximum absolute atomic E-state index is 15.4. The van der Waals surface area contributed by atoms with E-state index in [1.807, 2.05) is 0 Å². The van der Waals surface area contributed by atoms with Gasteiger partial charge in [0, 0.05) is 10.8 Å². The van der Waals surface area contributed by atoms with Gasteiger partial charge in [0.25, 0.3) is 11.4 Å². The smallest absolute Gasteiger partial charge is 0.399 e. The summed E-state index contributed by atoms with van der Waals surface area (Å²) in [6.07, 6.45) is -5.98. The highest BCUT2D eigenvalue weighted by Crippen LogP contribution is 2.45. The fourth-order valence-corrected chi connectivity index (χ4v) is 7.29. The Morgan fingerprint density at radius 3 is 1.38 bits per heavy atom. The molecule has 0 saturated carbocycles. The quantitative estimate of drug-likeness (QED) is 0.102. The summed E-state index contributed by atoms with van der Waals surface area (Å²) in [4.78, 5) is 6.68. The summed E-state index contributed by atoms with van der Waals surface area (Å²) >= 11 is 0. The number of nitrogens with zero attached hydrogens (tertiary/aromatic N) is 4. The molecule has 0 saturated heterocycles. The second kappa shape index (κ2) is 13.0. The molecule has 0 heterocycles. The predicted octanol–water partition coefficient (Wildman–Crippen LogP) is 9.58. The van der Waals surface area contributed by atoms with Gasteiger partial charge in [-0.15, -0.1) is 13.2 Å². The van der Waals surface area contributed by atoms with E-state index in [9.17, 15) is 41.3 Å². The molecule has 0 aliphatic heterocycles. The van der Waals surface area contributed by atoms with Crippen molar-refractivity contribution in [2.75, 3.05) is 0 Å². The third kappa shape index (κ3) is 5.33. The zero-order valence-corrected chi connectivity index (χ0v) is 27.7. The average Bonchev–Trinajstić information content (AvgIpc) is 3.73. The molecule has 56 heavy (non-hydrogen) atoms. The van der Waals surface area contributed by atoms with Crippen LogP contribution >= 0.6 is 0 Å². The minimum Gasteiger partial charge on any atom is -0.399 e. The van der Waals surface area contributed by atoms with Gasteiger partial charge in [0.2, 0.25) is 17.4 Å². The number of rotatable bonds is 3. The van der Waals surface area contributed by atoms with Crippen molar-refractivity contribution in [3.63, 3.8) is 0 Å². The van der Waals surface area contributed by atoms with Gasteiger partial charge in [-0.25, -0.2) is 46.6 Å². The van der Waals surface area contributed by atoms with Gasteiger partial charge >= 0.3 is 6.36 Å². The molecule has 0 spiro atoms. The predicted molar refractivity (Wildman–Crippen MR) is 175 cm³/mol. The molecule has 0 unspecified atom stereocenters. The molecule has 2 aliphatic carbocycles. The molecule has 0 radical (unpaired) electrons. The van der Waals surface area contributed by atoms with Gasteiger partial charge in [-0.05, 0) is 92.8 Å². The van der Waals surface area contributed by atoms with Crippen molar-refractivity contribution in [2.45, 2.75) is 26.1 Å². The SMILES string of the molecule is [C-]#[N+]/C(C#N)=c1\c2c(/c(=C(/C#N)[N+]#[C-])c3c1Cc1ccc(-c4c(F)c(F)c(OC(F)(F)F)c(F)c4F)cc1-3)-c1cc(-c3c(F)c(F)c(C)c(F)c3F)ccc1C2. The van der Waals surface area contributed by atoms with E-state index in [1.165, 1.54) is 12.1 Å². The molecule has 276 valence electrons. The van der Waals surface area contributed by atoms with Crippen LogP contribution in [0.3, 0.4) is 0 Å². The molecule has 0 bridgehead atoms. The minimum absolute atomic E-state index is 0.00177. The van der Waals surface area contributed by atoms with E-state index in [0.717, 1.165) is 31.2 Å². The Kier molecular flexibility index (Phi) is 8.63. The molecule has 7 rings (SSSR count). The number of hydrogen-bond donors (Lipinski definition) is 0. The first-order valence-corrected chi connectivity index (χ1v) is 15.7. The maximum atomic E-state index is 15.4. The number of ether oxygens (including phenoxy) is 1. The standard InChI is InChI=1S/C40H13F11N4O/c1-14-31(41)33(43)25(34(44)32(14)42)17-6-4-15-8-21-27(23(12-52)54-2)22-9-16-5-7-18(26-35(45)37(47)39(38(48)36(26)46)56-40(49,50)51)11-20(16)29(22)30(24(13-53)55-3)28(21)19(15)10-17/h4-7,10-11H,8-9H2,1H3/b27-23+,30-24+. The largest absolute Gasteiger partial charge is 0.573 e. The number of alkyl halides is 3. The van der Waals surface area contributed by atoms with Crippen molar-refractivity contribution in [1.82, 2.24) is 0 Å². The third-order valence-corrected chi connectivity index (χ3v) is 9.61. The molecule has 16 heteroatoms. The highest BCUT2D eigenvalue weighted by atomic mass is 19.4. The first kappa shape index (κ1) is 37.2. The van der Waals surface area contributed by atoms with E-state index in [1.54, 1.807) is 12.1 Å². The molecular formula is C40H13F11N4O. The lowest BCUT2D eigenvalue weighted by molar-refractivity contribution is -0.276. The lowest BCUT2D eigenvalue weighted by Gasteiger charge is -2.16. The molecule has 2 aliphatic rings. The number of nitriles is 2. The first-order valence-electron chi connectivity index (χ1n) is 15.7. The van der Waals surface area contributed by atoms with Gasteiger partial charge in [-0.2, -0.15) is 8.78 Å². The Bertz CT molecular complexity index is 2890. The van der Waals surface area contributed by atoms with E-state index >= 15 is 17.6 Å². The minimum atomic E-state index is -5.73. The highest BCUT2D eigenvalue weighted by molar-refractivity contribution is 5.95. The molecule has 0 fully saturated rings. The lowest BCUT2D eigenvalue weighted by atomic mass is 9.89. The summed E-state index contributed by atoms with van der Waals surface area (Å²) in [5, 5.41) is 20.1. The summed E-state index contributed by atoms with van der Waals surface area (Å²) in [5.74, 6) is -18.7. The Morgan fingerprint density at radius 2 is 1.00 bits per heavy atom. The zero-order chi connectivity index (χ0) is 40.7. The van der Waals surface area contributed by atoms with E-state index < -0.39 is 92.3 Å². The van der Waals surface area contributed by atoms with Crippen LogP contribution in [-0.4, -0.2) is 6.36 Å². The highest BCUT2D eigenvalue weighted by Gasteiger charge is 2.38. The summed E-state index contributed by atoms with van der Waals surface area (Å²) in [7, 11) is 0. The normalized spacial score (nSPS) is 13.4. The molecule has 0 aromatic heterocycles. The second-order valence-electron chi connectivity index (χ2n) is 12.5. The van der Waals surface area contributed by atoms with Crippen LogP contribution in [0.5, 0.6) is 5.75 Å². The van der Waals surface area contributed by atoms with E-state index in [2.05, 4.69) is 14.4 Å². The summed E-state index contributed by atoms with van der Waals surface area (Å²) in [6.45, 7) is 16.5. The average molecular weight is 775 g/mol. The summed E-state index contributed by atoms with van der Waals surface area (Å²) < 4.78 is 162. The topological polar surface area (TPSA) is 65.5 Å². The van der Waals surface area contributed by atoms with Gasteiger partial charge in [0.1, 0.15) is 0 Å². The maximum Gasteiger partial charge on any atom is 0.573 e. The number of benzene rings is 5. The molecule has 0 atom stereocenters. The van der Waals surface area contributed by atoms with Crippen LogP contribution in [0.2, 0.25) is 0 Å². The van der Waals surface area contributed by atoms with Gasteiger partial charge in [-0.3, -0.25) is 0 Å². The Labute approximate surface area is 307 Å². The van der Waals surface area contributed by atoms with Crippen LogP contribution < -0.4 is 15.2 Å². The van der Waals surface area contributed by atoms with Crippen LogP contribution in [0.25, 0.3) is 65.6 Å². The Balaban J connectivity index is 1.60. The van der Waals surface area contributed by atoms with Crippen LogP contribution in [0.1, 0.15) is 27.8 Å². The van der Waals surface area contributed by atoms with Crippen LogP contribution in [0, 0.1) is 89.3 Å². The van der Waals surface area contributed by atoms with E-state index in [4.69, 9.17) is 13.1 Å². The van der Waals surface area contributed by atoms with Crippen molar-refractivity contribution >= 4 is 11.4 Å². The monoisotopic (exact) mass is 774 g/mol. The molecular weight excluding hydrogens is 761 g/mol. The van der Waals surface area contributed by atoms with Gasteiger partial charge in [0.05, 0.1) is 36.4 Å². The van der Waals surface area contributed by atoms with Crippen molar-refractivity contribution in [3.05, 3.63) is 144 Å². The number of hydrogen-bond acceptors (Lipinski definition) is 3. The number of fused-ring (bicyclic) bond motifs is 6. The molecule has 0 amide bonds.